The highest BCUT2D eigenvalue weighted by Crippen LogP contribution is 2.22. The van der Waals surface area contributed by atoms with Crippen LogP contribution in [-0.2, 0) is 11.3 Å². The molecule has 6 heteroatoms. The molecule has 0 atom stereocenters. The van der Waals surface area contributed by atoms with Gasteiger partial charge < -0.3 is 10.1 Å². The minimum absolute atomic E-state index is 0.305. The molecule has 3 aromatic rings. The van der Waals surface area contributed by atoms with Crippen molar-refractivity contribution in [2.24, 2.45) is 0 Å². The monoisotopic (exact) mass is 298 g/mol. The van der Waals surface area contributed by atoms with Crippen LogP contribution in [0, 0.1) is 12.7 Å². The van der Waals surface area contributed by atoms with E-state index < -0.39 is 0 Å². The summed E-state index contributed by atoms with van der Waals surface area (Å²) in [6.45, 7) is 2.37. The fourth-order valence-electron chi connectivity index (χ4n) is 2.26. The maximum atomic E-state index is 13.4. The van der Waals surface area contributed by atoms with E-state index in [1.54, 1.807) is 19.2 Å². The number of rotatable bonds is 4. The highest BCUT2D eigenvalue weighted by atomic mass is 19.1. The van der Waals surface area contributed by atoms with Gasteiger partial charge in [0.2, 0.25) is 0 Å². The Morgan fingerprint density at radius 2 is 2.00 bits per heavy atom. The highest BCUT2D eigenvalue weighted by molar-refractivity contribution is 5.84. The molecule has 112 valence electrons. The summed E-state index contributed by atoms with van der Waals surface area (Å²) in [7, 11) is 1.61. The Kier molecular flexibility index (Phi) is 3.93. The molecule has 0 amide bonds. The van der Waals surface area contributed by atoms with E-state index in [2.05, 4.69) is 20.3 Å². The first kappa shape index (κ1) is 14.3. The van der Waals surface area contributed by atoms with Crippen LogP contribution >= 0.6 is 0 Å². The Morgan fingerprint density at radius 3 is 2.82 bits per heavy atom. The van der Waals surface area contributed by atoms with Gasteiger partial charge >= 0.3 is 0 Å². The first-order chi connectivity index (χ1) is 10.7. The molecular formula is C16H15FN4O. The summed E-state index contributed by atoms with van der Waals surface area (Å²) >= 11 is 0. The van der Waals surface area contributed by atoms with Gasteiger partial charge in [0, 0.05) is 24.6 Å². The molecule has 0 fully saturated rings. The van der Waals surface area contributed by atoms with Gasteiger partial charge in [-0.15, -0.1) is 0 Å². The first-order valence-electron chi connectivity index (χ1n) is 6.79. The fraction of sp³-hybridized carbons (Fsp3) is 0.188. The van der Waals surface area contributed by atoms with E-state index in [9.17, 15) is 4.39 Å². The highest BCUT2D eigenvalue weighted by Gasteiger charge is 2.06. The smallest absolute Gasteiger partial charge is 0.135 e. The predicted octanol–water partition coefficient (Wildman–Crippen LogP) is 3.36. The predicted molar refractivity (Wildman–Crippen MR) is 82.5 cm³/mol. The third kappa shape index (κ3) is 3.01. The van der Waals surface area contributed by atoms with Crippen molar-refractivity contribution in [3.63, 3.8) is 0 Å². The maximum Gasteiger partial charge on any atom is 0.135 e. The Bertz CT molecular complexity index is 822. The molecule has 1 aromatic carbocycles. The summed E-state index contributed by atoms with van der Waals surface area (Å²) in [4.78, 5) is 12.7. The molecule has 0 spiro atoms. The number of aromatic nitrogens is 3. The lowest BCUT2D eigenvalue weighted by molar-refractivity contribution is 0.181. The lowest BCUT2D eigenvalue weighted by Gasteiger charge is -2.09. The van der Waals surface area contributed by atoms with E-state index in [1.165, 1.54) is 18.5 Å². The maximum absolute atomic E-state index is 13.4. The molecular weight excluding hydrogens is 283 g/mol. The SMILES string of the molecule is COCc1cc(Nc2cc(C)c3ccc(F)cc3n2)ncn1. The molecule has 0 unspecified atom stereocenters. The van der Waals surface area contributed by atoms with Crippen LogP contribution in [0.5, 0.6) is 0 Å². The van der Waals surface area contributed by atoms with Crippen molar-refractivity contribution in [3.8, 4) is 0 Å². The quantitative estimate of drug-likeness (QED) is 0.800. The number of ether oxygens (including phenoxy) is 1. The Labute approximate surface area is 127 Å². The summed E-state index contributed by atoms with van der Waals surface area (Å²) in [6, 6.07) is 8.28. The number of hydrogen-bond donors (Lipinski definition) is 1. The number of hydrogen-bond acceptors (Lipinski definition) is 5. The number of nitrogens with zero attached hydrogens (tertiary/aromatic N) is 3. The number of benzene rings is 1. The molecule has 3 rings (SSSR count). The number of anilines is 2. The average molecular weight is 298 g/mol. The van der Waals surface area contributed by atoms with E-state index in [0.717, 1.165) is 16.6 Å². The van der Waals surface area contributed by atoms with Gasteiger partial charge in [-0.3, -0.25) is 0 Å². The van der Waals surface area contributed by atoms with E-state index in [1.807, 2.05) is 13.0 Å². The van der Waals surface area contributed by atoms with E-state index >= 15 is 0 Å². The van der Waals surface area contributed by atoms with Crippen molar-refractivity contribution < 1.29 is 9.13 Å². The summed E-state index contributed by atoms with van der Waals surface area (Å²) in [5.41, 5.74) is 2.39. The number of fused-ring (bicyclic) bond motifs is 1. The van der Waals surface area contributed by atoms with E-state index in [0.29, 0.717) is 23.8 Å². The van der Waals surface area contributed by atoms with Gasteiger partial charge in [0.25, 0.3) is 0 Å². The van der Waals surface area contributed by atoms with Crippen LogP contribution in [0.15, 0.2) is 36.7 Å². The molecule has 0 aliphatic heterocycles. The van der Waals surface area contributed by atoms with Crippen molar-refractivity contribution in [1.29, 1.82) is 0 Å². The standard InChI is InChI=1S/C16H15FN4O/c1-10-5-16(20-14-6-11(17)3-4-13(10)14)21-15-7-12(8-22-2)18-9-19-15/h3-7,9H,8H2,1-2H3,(H,18,19,20,21). The van der Waals surface area contributed by atoms with Crippen LogP contribution in [0.25, 0.3) is 10.9 Å². The lowest BCUT2D eigenvalue weighted by Crippen LogP contribution is -2.00. The summed E-state index contributed by atoms with van der Waals surface area (Å²) in [6.07, 6.45) is 1.46. The number of pyridine rings is 1. The van der Waals surface area contributed by atoms with Crippen LogP contribution in [-0.4, -0.2) is 22.1 Å². The van der Waals surface area contributed by atoms with E-state index in [4.69, 9.17) is 4.74 Å². The molecule has 0 bridgehead atoms. The van der Waals surface area contributed by atoms with Crippen LogP contribution in [0.4, 0.5) is 16.0 Å². The Balaban J connectivity index is 1.95. The Morgan fingerprint density at radius 1 is 1.14 bits per heavy atom. The van der Waals surface area contributed by atoms with Crippen LogP contribution in [0.2, 0.25) is 0 Å². The van der Waals surface area contributed by atoms with Crippen LogP contribution in [0.1, 0.15) is 11.3 Å². The molecule has 0 saturated heterocycles. The fourth-order valence-corrected chi connectivity index (χ4v) is 2.26. The lowest BCUT2D eigenvalue weighted by atomic mass is 10.1. The molecule has 0 aliphatic carbocycles. The third-order valence-electron chi connectivity index (χ3n) is 3.25. The number of aryl methyl sites for hydroxylation is 1. The summed E-state index contributed by atoms with van der Waals surface area (Å²) < 4.78 is 18.4. The van der Waals surface area contributed by atoms with Gasteiger partial charge in [0.05, 0.1) is 17.8 Å². The number of halogens is 1. The van der Waals surface area contributed by atoms with Gasteiger partial charge in [-0.25, -0.2) is 19.3 Å². The molecule has 0 saturated carbocycles. The zero-order valence-corrected chi connectivity index (χ0v) is 12.3. The van der Waals surface area contributed by atoms with Gasteiger partial charge in [-0.1, -0.05) is 0 Å². The van der Waals surface area contributed by atoms with E-state index in [-0.39, 0.29) is 5.82 Å². The molecule has 2 heterocycles. The van der Waals surface area contributed by atoms with Crippen molar-refractivity contribution in [3.05, 3.63) is 53.7 Å². The number of methoxy groups -OCH3 is 1. The molecule has 0 radical (unpaired) electrons. The summed E-state index contributed by atoms with van der Waals surface area (Å²) in [5, 5.41) is 4.04. The topological polar surface area (TPSA) is 59.9 Å². The molecule has 2 aromatic heterocycles. The summed E-state index contributed by atoms with van der Waals surface area (Å²) in [5.74, 6) is 0.920. The average Bonchev–Trinajstić information content (AvgIpc) is 2.47. The van der Waals surface area contributed by atoms with Gasteiger partial charge in [0.1, 0.15) is 23.8 Å². The minimum Gasteiger partial charge on any atom is -0.378 e. The molecule has 22 heavy (non-hydrogen) atoms. The Hall–Kier alpha value is -2.60. The zero-order chi connectivity index (χ0) is 15.5. The second-order valence-corrected chi connectivity index (χ2v) is 4.94. The van der Waals surface area contributed by atoms with Crippen LogP contribution < -0.4 is 5.32 Å². The molecule has 5 nitrogen and oxygen atoms in total. The van der Waals surface area contributed by atoms with Crippen molar-refractivity contribution in [1.82, 2.24) is 15.0 Å². The normalized spacial score (nSPS) is 10.9. The van der Waals surface area contributed by atoms with Crippen LogP contribution in [0.3, 0.4) is 0 Å². The van der Waals surface area contributed by atoms with Gasteiger partial charge in [-0.2, -0.15) is 0 Å². The van der Waals surface area contributed by atoms with Gasteiger partial charge in [-0.05, 0) is 30.7 Å². The minimum atomic E-state index is -0.305. The third-order valence-corrected chi connectivity index (χ3v) is 3.25. The van der Waals surface area contributed by atoms with Crippen molar-refractivity contribution in [2.75, 3.05) is 12.4 Å². The second kappa shape index (κ2) is 6.03. The number of nitrogens with one attached hydrogen (secondary N) is 1. The zero-order valence-electron chi connectivity index (χ0n) is 12.3. The van der Waals surface area contributed by atoms with Crippen molar-refractivity contribution in [2.45, 2.75) is 13.5 Å². The van der Waals surface area contributed by atoms with Crippen molar-refractivity contribution >= 4 is 22.5 Å². The molecule has 0 aliphatic rings. The molecule has 1 N–H and O–H groups in total. The largest absolute Gasteiger partial charge is 0.378 e. The van der Waals surface area contributed by atoms with Gasteiger partial charge in [0.15, 0.2) is 0 Å². The second-order valence-electron chi connectivity index (χ2n) is 4.94. The first-order valence-corrected chi connectivity index (χ1v) is 6.79.